The minimum Gasteiger partial charge on any atom is -0.434 e. The number of para-hydroxylation sites is 1. The van der Waals surface area contributed by atoms with E-state index < -0.39 is 6.61 Å². The molecule has 4 nitrogen and oxygen atoms in total. The smallest absolute Gasteiger partial charge is 0.387 e. The number of hydrogen-bond acceptors (Lipinski definition) is 3. The van der Waals surface area contributed by atoms with Gasteiger partial charge in [0, 0.05) is 13.6 Å². The zero-order valence-corrected chi connectivity index (χ0v) is 12.0. The van der Waals surface area contributed by atoms with Crippen molar-refractivity contribution in [1.29, 1.82) is 0 Å². The molecule has 0 spiro atoms. The van der Waals surface area contributed by atoms with Crippen molar-refractivity contribution in [2.75, 3.05) is 26.7 Å². The van der Waals surface area contributed by atoms with Gasteiger partial charge in [0.05, 0.1) is 5.56 Å². The highest BCUT2D eigenvalue weighted by atomic mass is 19.3. The van der Waals surface area contributed by atoms with Crippen LogP contribution < -0.4 is 10.1 Å². The molecule has 1 aliphatic heterocycles. The predicted molar refractivity (Wildman–Crippen MR) is 75.6 cm³/mol. The molecule has 1 heterocycles. The summed E-state index contributed by atoms with van der Waals surface area (Å²) in [6.07, 6.45) is 2.04. The van der Waals surface area contributed by atoms with Crippen molar-refractivity contribution in [3.8, 4) is 5.75 Å². The Balaban J connectivity index is 2.04. The second-order valence-corrected chi connectivity index (χ2v) is 5.25. The van der Waals surface area contributed by atoms with Gasteiger partial charge in [0.1, 0.15) is 5.75 Å². The molecule has 0 radical (unpaired) electrons. The standard InChI is InChI=1S/C15H20F2N2O2/c1-19(10-11-6-8-18-9-7-11)14(20)12-4-2-3-5-13(12)21-15(16)17/h2-5,11,15,18H,6-10H2,1H3. The van der Waals surface area contributed by atoms with Crippen molar-refractivity contribution >= 4 is 5.91 Å². The van der Waals surface area contributed by atoms with Crippen LogP contribution in [0.25, 0.3) is 0 Å². The van der Waals surface area contributed by atoms with Gasteiger partial charge in [-0.05, 0) is 44.0 Å². The van der Waals surface area contributed by atoms with E-state index >= 15 is 0 Å². The molecule has 0 unspecified atom stereocenters. The van der Waals surface area contributed by atoms with Crippen LogP contribution >= 0.6 is 0 Å². The predicted octanol–water partition coefficient (Wildman–Crippen LogP) is 2.36. The SMILES string of the molecule is CN(CC1CCNCC1)C(=O)c1ccccc1OC(F)F. The summed E-state index contributed by atoms with van der Waals surface area (Å²) in [5, 5.41) is 3.27. The van der Waals surface area contributed by atoms with Gasteiger partial charge in [-0.3, -0.25) is 4.79 Å². The summed E-state index contributed by atoms with van der Waals surface area (Å²) in [6.45, 7) is -0.396. The summed E-state index contributed by atoms with van der Waals surface area (Å²) in [6, 6.07) is 6.11. The Bertz CT molecular complexity index is 476. The maximum Gasteiger partial charge on any atom is 0.387 e. The molecule has 1 aliphatic rings. The van der Waals surface area contributed by atoms with E-state index in [0.717, 1.165) is 25.9 Å². The number of nitrogens with zero attached hydrogens (tertiary/aromatic N) is 1. The zero-order valence-electron chi connectivity index (χ0n) is 12.0. The van der Waals surface area contributed by atoms with E-state index in [4.69, 9.17) is 0 Å². The maximum absolute atomic E-state index is 12.4. The highest BCUT2D eigenvalue weighted by Gasteiger charge is 2.22. The first kappa shape index (κ1) is 15.7. The molecule has 1 N–H and O–H groups in total. The Hall–Kier alpha value is -1.69. The molecule has 116 valence electrons. The monoisotopic (exact) mass is 298 g/mol. The number of nitrogens with one attached hydrogen (secondary N) is 1. The third-order valence-electron chi connectivity index (χ3n) is 3.67. The summed E-state index contributed by atoms with van der Waals surface area (Å²) >= 11 is 0. The van der Waals surface area contributed by atoms with Crippen LogP contribution in [0.3, 0.4) is 0 Å². The second kappa shape index (κ2) is 7.36. The van der Waals surface area contributed by atoms with E-state index in [1.165, 1.54) is 12.1 Å². The Morgan fingerprint density at radius 2 is 2.05 bits per heavy atom. The molecule has 1 amide bonds. The normalized spacial score (nSPS) is 16.0. The van der Waals surface area contributed by atoms with Crippen molar-refractivity contribution in [3.63, 3.8) is 0 Å². The zero-order chi connectivity index (χ0) is 15.2. The van der Waals surface area contributed by atoms with Gasteiger partial charge in [0.2, 0.25) is 0 Å². The van der Waals surface area contributed by atoms with Gasteiger partial charge in [0.15, 0.2) is 0 Å². The Morgan fingerprint density at radius 3 is 2.71 bits per heavy atom. The van der Waals surface area contributed by atoms with Crippen molar-refractivity contribution in [2.45, 2.75) is 19.5 Å². The van der Waals surface area contributed by atoms with Crippen molar-refractivity contribution in [3.05, 3.63) is 29.8 Å². The Kier molecular flexibility index (Phi) is 5.50. The first-order valence-corrected chi connectivity index (χ1v) is 7.08. The number of ether oxygens (including phenoxy) is 1. The van der Waals surface area contributed by atoms with Gasteiger partial charge in [0.25, 0.3) is 5.91 Å². The third kappa shape index (κ3) is 4.39. The van der Waals surface area contributed by atoms with E-state index in [1.807, 2.05) is 0 Å². The molecular weight excluding hydrogens is 278 g/mol. The average molecular weight is 298 g/mol. The van der Waals surface area contributed by atoms with Crippen molar-refractivity contribution in [2.24, 2.45) is 5.92 Å². The summed E-state index contributed by atoms with van der Waals surface area (Å²) in [4.78, 5) is 14.0. The highest BCUT2D eigenvalue weighted by Crippen LogP contribution is 2.22. The molecule has 1 aromatic carbocycles. The number of halogens is 2. The van der Waals surface area contributed by atoms with Gasteiger partial charge < -0.3 is 15.0 Å². The maximum atomic E-state index is 12.4. The van der Waals surface area contributed by atoms with Gasteiger partial charge in [-0.15, -0.1) is 0 Å². The molecule has 0 saturated carbocycles. The van der Waals surface area contributed by atoms with Crippen LogP contribution in [0.2, 0.25) is 0 Å². The molecule has 0 aliphatic carbocycles. The third-order valence-corrected chi connectivity index (χ3v) is 3.67. The number of benzene rings is 1. The number of carbonyl (C=O) groups excluding carboxylic acids is 1. The highest BCUT2D eigenvalue weighted by molar-refractivity contribution is 5.96. The van der Waals surface area contributed by atoms with Crippen molar-refractivity contribution in [1.82, 2.24) is 10.2 Å². The summed E-state index contributed by atoms with van der Waals surface area (Å²) in [7, 11) is 1.70. The van der Waals surface area contributed by atoms with E-state index in [2.05, 4.69) is 10.1 Å². The number of amides is 1. The summed E-state index contributed by atoms with van der Waals surface area (Å²) < 4.78 is 29.2. The van der Waals surface area contributed by atoms with Crippen LogP contribution in [0.4, 0.5) is 8.78 Å². The van der Waals surface area contributed by atoms with E-state index in [1.54, 1.807) is 24.1 Å². The minimum atomic E-state index is -2.94. The first-order valence-electron chi connectivity index (χ1n) is 7.08. The fourth-order valence-corrected chi connectivity index (χ4v) is 2.58. The van der Waals surface area contributed by atoms with Crippen LogP contribution in [0, 0.1) is 5.92 Å². The quantitative estimate of drug-likeness (QED) is 0.907. The van der Waals surface area contributed by atoms with Crippen LogP contribution in [-0.2, 0) is 0 Å². The Labute approximate surface area is 123 Å². The van der Waals surface area contributed by atoms with Gasteiger partial charge in [-0.25, -0.2) is 0 Å². The van der Waals surface area contributed by atoms with E-state index in [-0.39, 0.29) is 17.2 Å². The first-order chi connectivity index (χ1) is 10.1. The summed E-state index contributed by atoms with van der Waals surface area (Å²) in [5.41, 5.74) is 0.175. The average Bonchev–Trinajstić information content (AvgIpc) is 2.47. The Morgan fingerprint density at radius 1 is 1.38 bits per heavy atom. The number of rotatable bonds is 5. The lowest BCUT2D eigenvalue weighted by molar-refractivity contribution is -0.0502. The molecule has 2 rings (SSSR count). The molecule has 0 atom stereocenters. The van der Waals surface area contributed by atoms with Gasteiger partial charge in [-0.1, -0.05) is 12.1 Å². The van der Waals surface area contributed by atoms with Crippen LogP contribution in [0.15, 0.2) is 24.3 Å². The number of alkyl halides is 2. The lowest BCUT2D eigenvalue weighted by atomic mass is 9.97. The fraction of sp³-hybridized carbons (Fsp3) is 0.533. The van der Waals surface area contributed by atoms with Gasteiger partial charge >= 0.3 is 6.61 Å². The second-order valence-electron chi connectivity index (χ2n) is 5.25. The lowest BCUT2D eigenvalue weighted by Gasteiger charge is -2.28. The molecule has 0 bridgehead atoms. The molecule has 1 aromatic rings. The summed E-state index contributed by atoms with van der Waals surface area (Å²) in [5.74, 6) is 0.0859. The number of carbonyl (C=O) groups is 1. The molecule has 21 heavy (non-hydrogen) atoms. The fourth-order valence-electron chi connectivity index (χ4n) is 2.58. The molecular formula is C15H20F2N2O2. The lowest BCUT2D eigenvalue weighted by Crippen LogP contribution is -2.37. The minimum absolute atomic E-state index is 0.0744. The van der Waals surface area contributed by atoms with Crippen molar-refractivity contribution < 1.29 is 18.3 Å². The van der Waals surface area contributed by atoms with E-state index in [9.17, 15) is 13.6 Å². The molecule has 1 saturated heterocycles. The van der Waals surface area contributed by atoms with Crippen LogP contribution in [0.1, 0.15) is 23.2 Å². The molecule has 6 heteroatoms. The largest absolute Gasteiger partial charge is 0.434 e. The molecule has 0 aromatic heterocycles. The topological polar surface area (TPSA) is 41.6 Å². The van der Waals surface area contributed by atoms with E-state index in [0.29, 0.717) is 12.5 Å². The van der Waals surface area contributed by atoms with Gasteiger partial charge in [-0.2, -0.15) is 8.78 Å². The number of hydrogen-bond donors (Lipinski definition) is 1. The number of piperidine rings is 1. The molecule has 1 fully saturated rings. The van der Waals surface area contributed by atoms with Crippen LogP contribution in [-0.4, -0.2) is 44.1 Å². The van der Waals surface area contributed by atoms with Crippen LogP contribution in [0.5, 0.6) is 5.75 Å².